The summed E-state index contributed by atoms with van der Waals surface area (Å²) in [5.41, 5.74) is 1.07. The summed E-state index contributed by atoms with van der Waals surface area (Å²) in [6.07, 6.45) is 13.9. The van der Waals surface area contributed by atoms with Gasteiger partial charge in [-0.2, -0.15) is 0 Å². The lowest BCUT2D eigenvalue weighted by Gasteiger charge is -2.54. The molecule has 0 aliphatic heterocycles. The average molecular weight is 288 g/mol. The Balaban J connectivity index is 2.00. The summed E-state index contributed by atoms with van der Waals surface area (Å²) in [5, 5.41) is 10.9. The van der Waals surface area contributed by atoms with Gasteiger partial charge in [0, 0.05) is 11.3 Å². The van der Waals surface area contributed by atoms with Gasteiger partial charge in [-0.05, 0) is 56.4 Å². The van der Waals surface area contributed by atoms with E-state index in [9.17, 15) is 9.90 Å². The minimum Gasteiger partial charge on any atom is -0.393 e. The number of carbonyl (C=O) groups excluding carboxylic acids is 1. The summed E-state index contributed by atoms with van der Waals surface area (Å²) in [6.45, 7) is 4.28. The maximum atomic E-state index is 11.0. The van der Waals surface area contributed by atoms with Gasteiger partial charge in [-0.3, -0.25) is 4.79 Å². The van der Waals surface area contributed by atoms with Crippen molar-refractivity contribution < 1.29 is 9.90 Å². The van der Waals surface area contributed by atoms with Gasteiger partial charge in [0.2, 0.25) is 0 Å². The van der Waals surface area contributed by atoms with Crippen molar-refractivity contribution in [2.24, 2.45) is 29.1 Å². The minimum atomic E-state index is -0.217. The van der Waals surface area contributed by atoms with Crippen molar-refractivity contribution in [3.05, 3.63) is 23.8 Å². The number of fused-ring (bicyclic) bond motifs is 3. The molecule has 3 aliphatic carbocycles. The molecule has 2 nitrogen and oxygen atoms in total. The van der Waals surface area contributed by atoms with Crippen LogP contribution in [0.2, 0.25) is 0 Å². The van der Waals surface area contributed by atoms with Crippen LogP contribution in [0.5, 0.6) is 0 Å². The first-order valence-electron chi connectivity index (χ1n) is 8.58. The Morgan fingerprint density at radius 3 is 2.76 bits per heavy atom. The van der Waals surface area contributed by atoms with E-state index >= 15 is 0 Å². The van der Waals surface area contributed by atoms with Crippen LogP contribution in [0, 0.1) is 29.1 Å². The molecule has 0 saturated heterocycles. The highest BCUT2D eigenvalue weighted by molar-refractivity contribution is 5.67. The topological polar surface area (TPSA) is 37.3 Å². The van der Waals surface area contributed by atoms with E-state index in [-0.39, 0.29) is 17.4 Å². The number of hydrogen-bond donors (Lipinski definition) is 1. The Morgan fingerprint density at radius 2 is 2.05 bits per heavy atom. The fourth-order valence-corrected chi connectivity index (χ4v) is 5.88. The number of rotatable bonds is 2. The Bertz CT molecular complexity index is 464. The Labute approximate surface area is 128 Å². The van der Waals surface area contributed by atoms with E-state index < -0.39 is 0 Å². The number of allylic oxidation sites excluding steroid dienone is 4. The van der Waals surface area contributed by atoms with Crippen molar-refractivity contribution in [2.75, 3.05) is 0 Å². The molecule has 2 heteroatoms. The van der Waals surface area contributed by atoms with Crippen molar-refractivity contribution in [3.8, 4) is 0 Å². The molecular formula is C19H28O2. The van der Waals surface area contributed by atoms with Crippen molar-refractivity contribution >= 4 is 6.29 Å². The summed E-state index contributed by atoms with van der Waals surface area (Å²) < 4.78 is 0. The lowest BCUT2D eigenvalue weighted by Crippen LogP contribution is -2.51. The van der Waals surface area contributed by atoms with Crippen LogP contribution in [0.1, 0.15) is 52.4 Å². The molecule has 0 heterocycles. The van der Waals surface area contributed by atoms with Crippen LogP contribution in [0.25, 0.3) is 0 Å². The van der Waals surface area contributed by atoms with E-state index in [1.807, 2.05) is 6.92 Å². The van der Waals surface area contributed by atoms with E-state index in [1.54, 1.807) is 6.08 Å². The summed E-state index contributed by atoms with van der Waals surface area (Å²) in [5.74, 6) is 2.47. The fourth-order valence-electron chi connectivity index (χ4n) is 5.88. The third-order valence-electron chi connectivity index (χ3n) is 6.60. The van der Waals surface area contributed by atoms with Gasteiger partial charge >= 0.3 is 0 Å². The third kappa shape index (κ3) is 2.32. The van der Waals surface area contributed by atoms with Gasteiger partial charge in [0.15, 0.2) is 0 Å². The second-order valence-electron chi connectivity index (χ2n) is 7.50. The van der Waals surface area contributed by atoms with Gasteiger partial charge < -0.3 is 5.11 Å². The molecule has 1 N–H and O–H groups in total. The molecule has 6 unspecified atom stereocenters. The van der Waals surface area contributed by atoms with Crippen LogP contribution in [0.15, 0.2) is 23.8 Å². The monoisotopic (exact) mass is 288 g/mol. The maximum absolute atomic E-state index is 11.0. The summed E-state index contributed by atoms with van der Waals surface area (Å²) in [6, 6.07) is 0. The van der Waals surface area contributed by atoms with Crippen molar-refractivity contribution in [2.45, 2.75) is 58.5 Å². The highest BCUT2D eigenvalue weighted by Crippen LogP contribution is 2.59. The zero-order valence-electron chi connectivity index (χ0n) is 13.3. The van der Waals surface area contributed by atoms with E-state index in [1.165, 1.54) is 24.8 Å². The van der Waals surface area contributed by atoms with E-state index in [2.05, 4.69) is 19.1 Å². The van der Waals surface area contributed by atoms with Crippen LogP contribution < -0.4 is 0 Å². The fraction of sp³-hybridized carbons (Fsp3) is 0.737. The van der Waals surface area contributed by atoms with E-state index in [0.29, 0.717) is 5.92 Å². The second-order valence-corrected chi connectivity index (χ2v) is 7.50. The van der Waals surface area contributed by atoms with Crippen molar-refractivity contribution in [1.82, 2.24) is 0 Å². The standard InChI is InChI=1S/C19H28O2/c1-3-10-19(2)14(9-11-20)7-8-16-15-6-4-5-13(15)12-17(21)18(16)19/h3,9-11,13,15-18,21H,4-8,12H2,1-2H3/b10-3-,14-9-. The summed E-state index contributed by atoms with van der Waals surface area (Å²) in [4.78, 5) is 11.0. The largest absolute Gasteiger partial charge is 0.393 e. The van der Waals surface area contributed by atoms with Crippen LogP contribution in [0.3, 0.4) is 0 Å². The Kier molecular flexibility index (Phi) is 4.09. The van der Waals surface area contributed by atoms with Crippen LogP contribution in [-0.2, 0) is 4.79 Å². The van der Waals surface area contributed by atoms with Gasteiger partial charge in [-0.25, -0.2) is 0 Å². The zero-order chi connectivity index (χ0) is 15.0. The number of aliphatic hydroxyl groups is 1. The number of carbonyl (C=O) groups is 1. The van der Waals surface area contributed by atoms with Crippen molar-refractivity contribution in [3.63, 3.8) is 0 Å². The highest BCUT2D eigenvalue weighted by atomic mass is 16.3. The zero-order valence-corrected chi connectivity index (χ0v) is 13.3. The first-order chi connectivity index (χ1) is 10.1. The first-order valence-corrected chi connectivity index (χ1v) is 8.58. The second kappa shape index (κ2) is 5.72. The molecule has 0 aromatic rings. The van der Waals surface area contributed by atoms with Gasteiger partial charge in [0.1, 0.15) is 6.29 Å². The molecule has 3 saturated carbocycles. The molecule has 0 spiro atoms. The highest BCUT2D eigenvalue weighted by Gasteiger charge is 2.54. The predicted molar refractivity (Wildman–Crippen MR) is 84.7 cm³/mol. The average Bonchev–Trinajstić information content (AvgIpc) is 2.90. The first kappa shape index (κ1) is 15.0. The molecule has 0 aromatic carbocycles. The SMILES string of the molecule is C/C=C\C1(C)/C(=C\C=O)CCC2C3CCCC3CC(O)C21. The Morgan fingerprint density at radius 1 is 1.24 bits per heavy atom. The molecule has 0 radical (unpaired) electrons. The third-order valence-corrected chi connectivity index (χ3v) is 6.60. The molecule has 6 atom stereocenters. The van der Waals surface area contributed by atoms with Crippen LogP contribution in [0.4, 0.5) is 0 Å². The quantitative estimate of drug-likeness (QED) is 0.475. The lowest BCUT2D eigenvalue weighted by atomic mass is 9.51. The number of aliphatic hydroxyl groups excluding tert-OH is 1. The van der Waals surface area contributed by atoms with E-state index in [0.717, 1.165) is 37.4 Å². The molecule has 116 valence electrons. The van der Waals surface area contributed by atoms with Crippen molar-refractivity contribution in [1.29, 1.82) is 0 Å². The molecule has 0 bridgehead atoms. The van der Waals surface area contributed by atoms with Crippen LogP contribution in [-0.4, -0.2) is 17.5 Å². The normalized spacial score (nSPS) is 48.3. The minimum absolute atomic E-state index is 0.147. The molecule has 3 fully saturated rings. The van der Waals surface area contributed by atoms with Gasteiger partial charge in [-0.15, -0.1) is 0 Å². The lowest BCUT2D eigenvalue weighted by molar-refractivity contribution is -0.104. The van der Waals surface area contributed by atoms with Gasteiger partial charge in [-0.1, -0.05) is 37.5 Å². The smallest absolute Gasteiger partial charge is 0.142 e. The molecule has 21 heavy (non-hydrogen) atoms. The van der Waals surface area contributed by atoms with Gasteiger partial charge in [0.05, 0.1) is 6.10 Å². The summed E-state index contributed by atoms with van der Waals surface area (Å²) >= 11 is 0. The number of aldehydes is 1. The Hall–Kier alpha value is -0.890. The van der Waals surface area contributed by atoms with Crippen LogP contribution >= 0.6 is 0 Å². The van der Waals surface area contributed by atoms with E-state index in [4.69, 9.17) is 0 Å². The summed E-state index contributed by atoms with van der Waals surface area (Å²) in [7, 11) is 0. The predicted octanol–water partition coefficient (Wildman–Crippen LogP) is 3.90. The van der Waals surface area contributed by atoms with Gasteiger partial charge in [0.25, 0.3) is 0 Å². The maximum Gasteiger partial charge on any atom is 0.142 e. The molecule has 0 amide bonds. The molecular weight excluding hydrogens is 260 g/mol. The molecule has 0 aromatic heterocycles. The molecule has 3 rings (SSSR count). The number of hydrogen-bond acceptors (Lipinski definition) is 2. The molecule has 3 aliphatic rings.